The zero-order valence-electron chi connectivity index (χ0n) is 23.6. The van der Waals surface area contributed by atoms with E-state index in [9.17, 15) is 19.5 Å². The summed E-state index contributed by atoms with van der Waals surface area (Å²) in [7, 11) is 0. The lowest BCUT2D eigenvalue weighted by Gasteiger charge is -2.17. The summed E-state index contributed by atoms with van der Waals surface area (Å²) in [5.41, 5.74) is 6.07. The van der Waals surface area contributed by atoms with Crippen LogP contribution in [0.15, 0.2) is 76.3 Å². The van der Waals surface area contributed by atoms with Gasteiger partial charge in [0, 0.05) is 23.7 Å². The van der Waals surface area contributed by atoms with Crippen molar-refractivity contribution in [1.82, 2.24) is 14.1 Å². The third-order valence-corrected chi connectivity index (χ3v) is 7.31. The van der Waals surface area contributed by atoms with E-state index < -0.39 is 28.7 Å². The van der Waals surface area contributed by atoms with E-state index in [-0.39, 0.29) is 57.8 Å². The molecule has 0 unspecified atom stereocenters. The van der Waals surface area contributed by atoms with Crippen LogP contribution in [0.4, 0.5) is 10.2 Å². The maximum absolute atomic E-state index is 15.4. The average Bonchev–Trinajstić information content (AvgIpc) is 3.56. The molecule has 11 heteroatoms. The molecular formula is C32H27FN4O6. The molecule has 0 saturated heterocycles. The van der Waals surface area contributed by atoms with Crippen LogP contribution in [0.1, 0.15) is 36.8 Å². The summed E-state index contributed by atoms with van der Waals surface area (Å²) in [6.07, 6.45) is 2.75. The Morgan fingerprint density at radius 2 is 1.86 bits per heavy atom. The van der Waals surface area contributed by atoms with Crippen LogP contribution in [0, 0.1) is 11.2 Å². The number of carbonyl (C=O) groups excluding carboxylic acids is 1. The summed E-state index contributed by atoms with van der Waals surface area (Å²) in [6.45, 7) is 4.67. The number of hydrogen-bond donors (Lipinski definition) is 2. The van der Waals surface area contributed by atoms with Gasteiger partial charge in [-0.3, -0.25) is 14.2 Å². The Kier molecular flexibility index (Phi) is 6.52. The minimum absolute atomic E-state index is 0.0128. The number of carboxylic acids is 1. The Balaban J connectivity index is 1.63. The SMILES string of the molecule is CC(C)(C)C(=O)OCn1cccc(-c2c(C(=O)O)n(Cc3cc(N)nc4ccccc34)c3cc(F)c4ccoc4c23)c1=O. The second kappa shape index (κ2) is 10.1. The third-order valence-electron chi connectivity index (χ3n) is 7.31. The molecule has 0 aliphatic heterocycles. The van der Waals surface area contributed by atoms with Gasteiger partial charge in [-0.05, 0) is 62.7 Å². The van der Waals surface area contributed by atoms with Crippen molar-refractivity contribution in [3.63, 3.8) is 0 Å². The first-order valence-electron chi connectivity index (χ1n) is 13.4. The smallest absolute Gasteiger partial charge is 0.353 e. The number of fused-ring (bicyclic) bond motifs is 4. The van der Waals surface area contributed by atoms with E-state index in [2.05, 4.69) is 4.98 Å². The predicted octanol–water partition coefficient (Wildman–Crippen LogP) is 5.78. The number of nitrogens with two attached hydrogens (primary N) is 1. The van der Waals surface area contributed by atoms with Crippen LogP contribution in [-0.2, 0) is 22.8 Å². The van der Waals surface area contributed by atoms with Crippen LogP contribution in [0.2, 0.25) is 0 Å². The number of hydrogen-bond acceptors (Lipinski definition) is 7. The number of benzene rings is 2. The number of rotatable bonds is 6. The second-order valence-corrected chi connectivity index (χ2v) is 11.3. The van der Waals surface area contributed by atoms with Crippen LogP contribution in [0.25, 0.3) is 43.9 Å². The molecule has 0 radical (unpaired) electrons. The highest BCUT2D eigenvalue weighted by Gasteiger charge is 2.30. The van der Waals surface area contributed by atoms with Crippen molar-refractivity contribution in [2.45, 2.75) is 34.0 Å². The summed E-state index contributed by atoms with van der Waals surface area (Å²) in [5, 5.41) is 11.7. The molecule has 43 heavy (non-hydrogen) atoms. The molecule has 0 aliphatic rings. The fraction of sp³-hybridized carbons (Fsp3) is 0.188. The third kappa shape index (κ3) is 4.68. The van der Waals surface area contributed by atoms with E-state index in [0.29, 0.717) is 11.1 Å². The number of carbonyl (C=O) groups is 2. The highest BCUT2D eigenvalue weighted by molar-refractivity contribution is 6.17. The number of pyridine rings is 2. The zero-order valence-corrected chi connectivity index (χ0v) is 23.6. The number of aromatic carboxylic acids is 1. The lowest BCUT2D eigenvalue weighted by molar-refractivity contribution is -0.157. The lowest BCUT2D eigenvalue weighted by atomic mass is 9.98. The molecule has 0 bridgehead atoms. The van der Waals surface area contributed by atoms with E-state index in [4.69, 9.17) is 14.9 Å². The number of furan rings is 1. The fourth-order valence-electron chi connectivity index (χ4n) is 5.30. The van der Waals surface area contributed by atoms with Crippen LogP contribution in [0.3, 0.4) is 0 Å². The van der Waals surface area contributed by atoms with Crippen molar-refractivity contribution >= 4 is 50.5 Å². The van der Waals surface area contributed by atoms with Gasteiger partial charge in [0.2, 0.25) is 0 Å². The number of ether oxygens (including phenoxy) is 1. The molecule has 4 aromatic heterocycles. The Morgan fingerprint density at radius 3 is 2.60 bits per heavy atom. The largest absolute Gasteiger partial charge is 0.477 e. The van der Waals surface area contributed by atoms with Gasteiger partial charge in [0.05, 0.1) is 39.0 Å². The van der Waals surface area contributed by atoms with Crippen LogP contribution in [-0.4, -0.2) is 31.2 Å². The molecule has 0 saturated carbocycles. The molecule has 0 aliphatic carbocycles. The number of halogens is 1. The molecule has 0 amide bonds. The van der Waals surface area contributed by atoms with Gasteiger partial charge in [-0.25, -0.2) is 14.2 Å². The fourth-order valence-corrected chi connectivity index (χ4v) is 5.30. The second-order valence-electron chi connectivity index (χ2n) is 11.3. The Bertz CT molecular complexity index is 2150. The molecule has 0 atom stereocenters. The molecular weight excluding hydrogens is 555 g/mol. The molecule has 218 valence electrons. The van der Waals surface area contributed by atoms with Crippen molar-refractivity contribution in [1.29, 1.82) is 0 Å². The van der Waals surface area contributed by atoms with Gasteiger partial charge in [-0.2, -0.15) is 0 Å². The van der Waals surface area contributed by atoms with E-state index in [1.54, 1.807) is 39.0 Å². The molecule has 0 fully saturated rings. The number of aromatic nitrogens is 3. The van der Waals surface area contributed by atoms with Gasteiger partial charge < -0.3 is 24.6 Å². The molecule has 0 spiro atoms. The standard InChI is InChI=1S/C32H27FN4O6/c1-32(2,3)31(41)43-16-36-11-6-8-20(29(36)38)25-26-23(14-21(33)19-10-12-42-28(19)26)37(27(25)30(39)40)15-17-13-24(34)35-22-9-5-4-7-18(17)22/h4-14H,15-16H2,1-3H3,(H2,34,35)(H,39,40). The molecule has 2 aromatic carbocycles. The summed E-state index contributed by atoms with van der Waals surface area (Å²) >= 11 is 0. The summed E-state index contributed by atoms with van der Waals surface area (Å²) in [5.74, 6) is -2.23. The minimum Gasteiger partial charge on any atom is -0.477 e. The predicted molar refractivity (Wildman–Crippen MR) is 159 cm³/mol. The Morgan fingerprint density at radius 1 is 1.09 bits per heavy atom. The highest BCUT2D eigenvalue weighted by atomic mass is 19.1. The summed E-state index contributed by atoms with van der Waals surface area (Å²) < 4.78 is 29.0. The summed E-state index contributed by atoms with van der Waals surface area (Å²) in [4.78, 5) is 43.6. The molecule has 6 rings (SSSR count). The monoisotopic (exact) mass is 582 g/mol. The van der Waals surface area contributed by atoms with Gasteiger partial charge in [0.15, 0.2) is 6.73 Å². The molecule has 6 aromatic rings. The number of anilines is 1. The Hall–Kier alpha value is -5.45. The highest BCUT2D eigenvalue weighted by Crippen LogP contribution is 2.40. The lowest BCUT2D eigenvalue weighted by Crippen LogP contribution is -2.28. The maximum Gasteiger partial charge on any atom is 0.353 e. The Labute approximate surface area is 243 Å². The molecule has 10 nitrogen and oxygen atoms in total. The topological polar surface area (TPSA) is 143 Å². The van der Waals surface area contributed by atoms with Gasteiger partial charge in [-0.15, -0.1) is 0 Å². The van der Waals surface area contributed by atoms with E-state index >= 15 is 4.39 Å². The number of para-hydroxylation sites is 1. The van der Waals surface area contributed by atoms with Gasteiger partial charge in [0.1, 0.15) is 22.9 Å². The van der Waals surface area contributed by atoms with Crippen molar-refractivity contribution in [3.8, 4) is 11.1 Å². The maximum atomic E-state index is 15.4. The van der Waals surface area contributed by atoms with E-state index in [0.717, 1.165) is 5.39 Å². The van der Waals surface area contributed by atoms with Gasteiger partial charge >= 0.3 is 11.9 Å². The van der Waals surface area contributed by atoms with E-state index in [1.165, 1.54) is 39.8 Å². The van der Waals surface area contributed by atoms with Crippen LogP contribution in [0.5, 0.6) is 0 Å². The van der Waals surface area contributed by atoms with E-state index in [1.807, 2.05) is 18.2 Å². The first-order valence-corrected chi connectivity index (χ1v) is 13.4. The number of nitrogen functional groups attached to an aromatic ring is 1. The average molecular weight is 583 g/mol. The number of carboxylic acid groups (broad SMARTS) is 1. The van der Waals surface area contributed by atoms with Crippen molar-refractivity contribution < 1.29 is 28.2 Å². The molecule has 4 heterocycles. The first kappa shape index (κ1) is 27.7. The van der Waals surface area contributed by atoms with Gasteiger partial charge in [0.25, 0.3) is 5.56 Å². The first-order chi connectivity index (χ1) is 20.5. The summed E-state index contributed by atoms with van der Waals surface area (Å²) in [6, 6.07) is 14.6. The number of esters is 1. The zero-order chi connectivity index (χ0) is 30.6. The molecule has 3 N–H and O–H groups in total. The van der Waals surface area contributed by atoms with Gasteiger partial charge in [-0.1, -0.05) is 18.2 Å². The normalized spacial score (nSPS) is 11.9. The van der Waals surface area contributed by atoms with Crippen molar-refractivity contribution in [2.24, 2.45) is 5.41 Å². The number of nitrogens with zero attached hydrogens (tertiary/aromatic N) is 3. The van der Waals surface area contributed by atoms with Crippen LogP contribution < -0.4 is 11.3 Å². The quantitative estimate of drug-likeness (QED) is 0.235. The van der Waals surface area contributed by atoms with Crippen molar-refractivity contribution in [2.75, 3.05) is 5.73 Å². The minimum atomic E-state index is -1.34. The van der Waals surface area contributed by atoms with Crippen LogP contribution >= 0.6 is 0 Å². The van der Waals surface area contributed by atoms with Crippen molar-refractivity contribution in [3.05, 3.63) is 94.5 Å².